The molecule has 0 heterocycles. The largest absolute Gasteiger partial charge is 0.355 e. The highest BCUT2D eigenvalue weighted by Gasteiger charge is 2.33. The van der Waals surface area contributed by atoms with Gasteiger partial charge in [0.2, 0.25) is 11.8 Å². The maximum Gasteiger partial charge on any atom is 0.264 e. The number of nitrogens with one attached hydrogen (secondary N) is 1. The van der Waals surface area contributed by atoms with Crippen LogP contribution in [0.2, 0.25) is 0 Å². The molecule has 0 aliphatic heterocycles. The van der Waals surface area contributed by atoms with Gasteiger partial charge in [0.05, 0.1) is 10.6 Å². The summed E-state index contributed by atoms with van der Waals surface area (Å²) >= 11 is 0. The summed E-state index contributed by atoms with van der Waals surface area (Å²) in [6, 6.07) is 19.5. The lowest BCUT2D eigenvalue weighted by Crippen LogP contribution is -2.52. The second kappa shape index (κ2) is 12.5. The summed E-state index contributed by atoms with van der Waals surface area (Å²) in [6.07, 6.45) is 0.314. The molecule has 7 nitrogen and oxygen atoms in total. The molecule has 0 saturated heterocycles. The number of benzene rings is 3. The predicted octanol–water partition coefficient (Wildman–Crippen LogP) is 4.27. The SMILES string of the molecule is CCNC(=O)[C@@H](CC)N(Cc1ccc(F)cc1)C(=O)CN(c1ccc(C)cc1)S(=O)(=O)c1ccccc1. The first-order valence-corrected chi connectivity index (χ1v) is 13.6. The molecule has 0 aromatic heterocycles. The quantitative estimate of drug-likeness (QED) is 0.405. The highest BCUT2D eigenvalue weighted by atomic mass is 32.2. The summed E-state index contributed by atoms with van der Waals surface area (Å²) in [5, 5.41) is 2.75. The van der Waals surface area contributed by atoms with E-state index in [4.69, 9.17) is 0 Å². The number of hydrogen-bond donors (Lipinski definition) is 1. The van der Waals surface area contributed by atoms with Gasteiger partial charge in [0, 0.05) is 13.1 Å². The molecule has 1 N–H and O–H groups in total. The molecule has 0 fully saturated rings. The normalized spacial score (nSPS) is 12.0. The monoisotopic (exact) mass is 525 g/mol. The second-order valence-electron chi connectivity index (χ2n) is 8.63. The summed E-state index contributed by atoms with van der Waals surface area (Å²) in [7, 11) is -4.10. The van der Waals surface area contributed by atoms with Gasteiger partial charge in [-0.05, 0) is 62.2 Å². The number of rotatable bonds is 11. The van der Waals surface area contributed by atoms with Gasteiger partial charge in [-0.1, -0.05) is 55.0 Å². The predicted molar refractivity (Wildman–Crippen MR) is 142 cm³/mol. The fourth-order valence-electron chi connectivity index (χ4n) is 3.96. The van der Waals surface area contributed by atoms with Crippen molar-refractivity contribution in [3.05, 3.63) is 95.8 Å². The minimum atomic E-state index is -4.10. The van der Waals surface area contributed by atoms with Crippen LogP contribution < -0.4 is 9.62 Å². The number of amides is 2. The van der Waals surface area contributed by atoms with Crippen molar-refractivity contribution in [2.24, 2.45) is 0 Å². The number of hydrogen-bond acceptors (Lipinski definition) is 4. The minimum Gasteiger partial charge on any atom is -0.355 e. The molecule has 0 aliphatic rings. The molecule has 0 bridgehead atoms. The summed E-state index contributed by atoms with van der Waals surface area (Å²) in [4.78, 5) is 28.1. The van der Waals surface area contributed by atoms with Gasteiger partial charge >= 0.3 is 0 Å². The van der Waals surface area contributed by atoms with E-state index in [-0.39, 0.29) is 17.3 Å². The van der Waals surface area contributed by atoms with Crippen molar-refractivity contribution in [2.45, 2.75) is 44.7 Å². The molecule has 196 valence electrons. The number of likely N-dealkylation sites (N-methyl/N-ethyl adjacent to an activating group) is 1. The highest BCUT2D eigenvalue weighted by molar-refractivity contribution is 7.92. The van der Waals surface area contributed by atoms with Gasteiger partial charge in [-0.3, -0.25) is 13.9 Å². The molecular weight excluding hydrogens is 493 g/mol. The molecule has 37 heavy (non-hydrogen) atoms. The Kier molecular flexibility index (Phi) is 9.41. The van der Waals surface area contributed by atoms with Crippen molar-refractivity contribution in [3.8, 4) is 0 Å². The Labute approximate surface area is 218 Å². The molecule has 0 radical (unpaired) electrons. The van der Waals surface area contributed by atoms with E-state index in [1.54, 1.807) is 68.4 Å². The smallest absolute Gasteiger partial charge is 0.264 e. The molecule has 9 heteroatoms. The van der Waals surface area contributed by atoms with Crippen molar-refractivity contribution in [2.75, 3.05) is 17.4 Å². The van der Waals surface area contributed by atoms with Gasteiger partial charge in [-0.25, -0.2) is 12.8 Å². The van der Waals surface area contributed by atoms with E-state index in [1.807, 2.05) is 6.92 Å². The van der Waals surface area contributed by atoms with Crippen molar-refractivity contribution in [1.82, 2.24) is 10.2 Å². The first-order chi connectivity index (χ1) is 17.7. The zero-order valence-corrected chi connectivity index (χ0v) is 22.0. The Balaban J connectivity index is 2.03. The average Bonchev–Trinajstić information content (AvgIpc) is 2.89. The van der Waals surface area contributed by atoms with E-state index in [0.717, 1.165) is 9.87 Å². The first-order valence-electron chi connectivity index (χ1n) is 12.1. The fourth-order valence-corrected chi connectivity index (χ4v) is 5.39. The lowest BCUT2D eigenvalue weighted by Gasteiger charge is -2.33. The van der Waals surface area contributed by atoms with Crippen molar-refractivity contribution in [3.63, 3.8) is 0 Å². The third-order valence-corrected chi connectivity index (χ3v) is 7.72. The van der Waals surface area contributed by atoms with Crippen LogP contribution in [0.4, 0.5) is 10.1 Å². The van der Waals surface area contributed by atoms with Gasteiger partial charge in [0.1, 0.15) is 18.4 Å². The third-order valence-electron chi connectivity index (χ3n) is 5.94. The molecule has 3 rings (SSSR count). The number of carbonyl (C=O) groups excluding carboxylic acids is 2. The molecular formula is C28H32FN3O4S. The van der Waals surface area contributed by atoms with E-state index in [9.17, 15) is 22.4 Å². The topological polar surface area (TPSA) is 86.8 Å². The van der Waals surface area contributed by atoms with Crippen LogP contribution >= 0.6 is 0 Å². The van der Waals surface area contributed by atoms with Crippen LogP contribution in [0.15, 0.2) is 83.8 Å². The van der Waals surface area contributed by atoms with Crippen LogP contribution in [0, 0.1) is 12.7 Å². The molecule has 3 aromatic carbocycles. The van der Waals surface area contributed by atoms with Crippen molar-refractivity contribution >= 4 is 27.5 Å². The second-order valence-corrected chi connectivity index (χ2v) is 10.5. The van der Waals surface area contributed by atoms with Gasteiger partial charge < -0.3 is 10.2 Å². The van der Waals surface area contributed by atoms with Gasteiger partial charge in [0.25, 0.3) is 10.0 Å². The summed E-state index contributed by atoms with van der Waals surface area (Å²) in [5.41, 5.74) is 1.88. The third kappa shape index (κ3) is 6.95. The molecule has 3 aromatic rings. The maximum atomic E-state index is 13.8. The van der Waals surface area contributed by atoms with E-state index < -0.39 is 34.3 Å². The molecule has 0 aliphatic carbocycles. The molecule has 0 unspecified atom stereocenters. The lowest BCUT2D eigenvalue weighted by atomic mass is 10.1. The Hall–Kier alpha value is -3.72. The van der Waals surface area contributed by atoms with Gasteiger partial charge in [-0.15, -0.1) is 0 Å². The fraction of sp³-hybridized carbons (Fsp3) is 0.286. The molecule has 0 saturated carbocycles. The number of aryl methyl sites for hydroxylation is 1. The summed E-state index contributed by atoms with van der Waals surface area (Å²) in [6.45, 7) is 5.32. The number of nitrogens with zero attached hydrogens (tertiary/aromatic N) is 2. The van der Waals surface area contributed by atoms with Crippen LogP contribution in [0.1, 0.15) is 31.4 Å². The molecule has 0 spiro atoms. The van der Waals surface area contributed by atoms with E-state index in [2.05, 4.69) is 5.32 Å². The zero-order valence-electron chi connectivity index (χ0n) is 21.2. The first kappa shape index (κ1) is 27.9. The van der Waals surface area contributed by atoms with Gasteiger partial charge in [0.15, 0.2) is 0 Å². The standard InChI is InChI=1S/C28H32FN3O4S/c1-4-26(28(34)30-5-2)31(19-22-13-15-23(29)16-14-22)27(33)20-32(24-17-11-21(3)12-18-24)37(35,36)25-9-7-6-8-10-25/h6-18,26H,4-5,19-20H2,1-3H3,(H,30,34)/t26-/m1/s1. The summed E-state index contributed by atoms with van der Waals surface area (Å²) < 4.78 is 41.9. The van der Waals surface area contributed by atoms with Crippen LogP contribution in [0.5, 0.6) is 0 Å². The van der Waals surface area contributed by atoms with Crippen LogP contribution in [-0.4, -0.2) is 44.3 Å². The Morgan fingerprint density at radius 2 is 1.54 bits per heavy atom. The number of halogens is 1. The van der Waals surface area contributed by atoms with Crippen molar-refractivity contribution < 1.29 is 22.4 Å². The van der Waals surface area contributed by atoms with Gasteiger partial charge in [-0.2, -0.15) is 0 Å². The van der Waals surface area contributed by atoms with Crippen LogP contribution in [-0.2, 0) is 26.2 Å². The number of carbonyl (C=O) groups is 2. The summed E-state index contributed by atoms with van der Waals surface area (Å²) in [5.74, 6) is -1.31. The number of anilines is 1. The lowest BCUT2D eigenvalue weighted by molar-refractivity contribution is -0.140. The van der Waals surface area contributed by atoms with Crippen LogP contribution in [0.25, 0.3) is 0 Å². The molecule has 2 amide bonds. The highest BCUT2D eigenvalue weighted by Crippen LogP contribution is 2.25. The Morgan fingerprint density at radius 1 is 0.919 bits per heavy atom. The zero-order chi connectivity index (χ0) is 27.0. The van der Waals surface area contributed by atoms with E-state index in [1.165, 1.54) is 29.2 Å². The average molecular weight is 526 g/mol. The molecule has 1 atom stereocenters. The maximum absolute atomic E-state index is 13.8. The van der Waals surface area contributed by atoms with Crippen molar-refractivity contribution in [1.29, 1.82) is 0 Å². The Bertz CT molecular complexity index is 1300. The minimum absolute atomic E-state index is 0.0158. The van der Waals surface area contributed by atoms with Crippen LogP contribution in [0.3, 0.4) is 0 Å². The van der Waals surface area contributed by atoms with E-state index in [0.29, 0.717) is 24.2 Å². The Morgan fingerprint density at radius 3 is 2.11 bits per heavy atom. The van der Waals surface area contributed by atoms with E-state index >= 15 is 0 Å². The number of sulfonamides is 1.